The van der Waals surface area contributed by atoms with Gasteiger partial charge in [-0.1, -0.05) is 33.1 Å². The molecule has 1 unspecified atom stereocenters. The summed E-state index contributed by atoms with van der Waals surface area (Å²) in [4.78, 5) is 0. The number of hydrogen-bond acceptors (Lipinski definition) is 2. The second-order valence-corrected chi connectivity index (χ2v) is 4.81. The molecule has 0 heterocycles. The van der Waals surface area contributed by atoms with Gasteiger partial charge in [0.25, 0.3) is 0 Å². The Hall–Kier alpha value is -0.760. The van der Waals surface area contributed by atoms with Gasteiger partial charge in [0, 0.05) is 6.42 Å². The van der Waals surface area contributed by atoms with Crippen LogP contribution in [-0.2, 0) is 0 Å². The van der Waals surface area contributed by atoms with E-state index < -0.39 is 5.60 Å². The van der Waals surface area contributed by atoms with Crippen molar-refractivity contribution in [2.45, 2.75) is 64.4 Å². The lowest BCUT2D eigenvalue weighted by molar-refractivity contribution is 0.0744. The van der Waals surface area contributed by atoms with E-state index in [4.69, 9.17) is 0 Å². The highest BCUT2D eigenvalue weighted by Crippen LogP contribution is 2.32. The van der Waals surface area contributed by atoms with E-state index in [2.05, 4.69) is 13.8 Å². The molecule has 0 aliphatic heterocycles. The van der Waals surface area contributed by atoms with Crippen molar-refractivity contribution in [1.82, 2.24) is 0 Å². The van der Waals surface area contributed by atoms with Gasteiger partial charge in [-0.3, -0.25) is 0 Å². The SMILES string of the molecule is CCCCC1=C(O)C=CC(O)(CCCC)C1. The molecule has 0 bridgehead atoms. The third-order valence-electron chi connectivity index (χ3n) is 3.23. The topological polar surface area (TPSA) is 40.5 Å². The van der Waals surface area contributed by atoms with Gasteiger partial charge < -0.3 is 10.2 Å². The Morgan fingerprint density at radius 1 is 1.25 bits per heavy atom. The largest absolute Gasteiger partial charge is 0.508 e. The average Bonchev–Trinajstić information content (AvgIpc) is 2.28. The molecular formula is C14H24O2. The maximum atomic E-state index is 10.4. The number of allylic oxidation sites excluding steroid dienone is 1. The smallest absolute Gasteiger partial charge is 0.114 e. The Bertz CT molecular complexity index is 278. The molecule has 1 aliphatic carbocycles. The zero-order valence-corrected chi connectivity index (χ0v) is 10.5. The summed E-state index contributed by atoms with van der Waals surface area (Å²) in [7, 11) is 0. The van der Waals surface area contributed by atoms with Crippen LogP contribution in [0.5, 0.6) is 0 Å². The molecule has 1 atom stereocenters. The summed E-state index contributed by atoms with van der Waals surface area (Å²) in [6, 6.07) is 0. The highest BCUT2D eigenvalue weighted by Gasteiger charge is 2.28. The summed E-state index contributed by atoms with van der Waals surface area (Å²) in [5, 5.41) is 20.1. The van der Waals surface area contributed by atoms with Crippen LogP contribution in [0.25, 0.3) is 0 Å². The number of unbranched alkanes of at least 4 members (excludes halogenated alkanes) is 2. The van der Waals surface area contributed by atoms with E-state index >= 15 is 0 Å². The quantitative estimate of drug-likeness (QED) is 0.719. The van der Waals surface area contributed by atoms with Crippen LogP contribution in [0.3, 0.4) is 0 Å². The van der Waals surface area contributed by atoms with Crippen molar-refractivity contribution in [2.24, 2.45) is 0 Å². The van der Waals surface area contributed by atoms with E-state index in [1.54, 1.807) is 12.2 Å². The number of aliphatic hydroxyl groups excluding tert-OH is 1. The summed E-state index contributed by atoms with van der Waals surface area (Å²) in [6.45, 7) is 4.26. The minimum atomic E-state index is -0.717. The maximum Gasteiger partial charge on any atom is 0.114 e. The number of rotatable bonds is 6. The van der Waals surface area contributed by atoms with Gasteiger partial charge in [-0.15, -0.1) is 0 Å². The third-order valence-corrected chi connectivity index (χ3v) is 3.23. The maximum absolute atomic E-state index is 10.4. The van der Waals surface area contributed by atoms with Crippen LogP contribution in [0.4, 0.5) is 0 Å². The molecule has 0 aromatic carbocycles. The molecule has 1 rings (SSSR count). The Morgan fingerprint density at radius 2 is 1.94 bits per heavy atom. The molecule has 0 aromatic heterocycles. The standard InChI is InChI=1S/C14H24O2/c1-3-5-7-12-11-14(16,9-6-4-2)10-8-13(12)15/h8,10,15-16H,3-7,9,11H2,1-2H3. The number of aliphatic hydroxyl groups is 2. The molecule has 0 radical (unpaired) electrons. The highest BCUT2D eigenvalue weighted by molar-refractivity contribution is 5.29. The van der Waals surface area contributed by atoms with E-state index in [1.807, 2.05) is 0 Å². The average molecular weight is 224 g/mol. The van der Waals surface area contributed by atoms with Gasteiger partial charge >= 0.3 is 0 Å². The number of hydrogen-bond donors (Lipinski definition) is 2. The zero-order chi connectivity index (χ0) is 12.0. The second kappa shape index (κ2) is 6.09. The monoisotopic (exact) mass is 224 g/mol. The molecule has 0 aromatic rings. The highest BCUT2D eigenvalue weighted by atomic mass is 16.3. The van der Waals surface area contributed by atoms with Crippen LogP contribution < -0.4 is 0 Å². The van der Waals surface area contributed by atoms with E-state index in [1.165, 1.54) is 0 Å². The van der Waals surface area contributed by atoms with E-state index in [9.17, 15) is 10.2 Å². The third kappa shape index (κ3) is 3.67. The molecule has 0 fully saturated rings. The normalized spacial score (nSPS) is 25.2. The van der Waals surface area contributed by atoms with Crippen LogP contribution in [-0.4, -0.2) is 15.8 Å². The van der Waals surface area contributed by atoms with Crippen molar-refractivity contribution in [3.8, 4) is 0 Å². The molecule has 0 saturated heterocycles. The van der Waals surface area contributed by atoms with E-state index in [-0.39, 0.29) is 0 Å². The predicted molar refractivity (Wildman–Crippen MR) is 67.4 cm³/mol. The predicted octanol–water partition coefficient (Wildman–Crippen LogP) is 3.87. The van der Waals surface area contributed by atoms with Gasteiger partial charge in [-0.25, -0.2) is 0 Å². The van der Waals surface area contributed by atoms with Crippen LogP contribution in [0, 0.1) is 0 Å². The first kappa shape index (κ1) is 13.3. The van der Waals surface area contributed by atoms with Crippen molar-refractivity contribution in [2.75, 3.05) is 0 Å². The van der Waals surface area contributed by atoms with Crippen molar-refractivity contribution >= 4 is 0 Å². The second-order valence-electron chi connectivity index (χ2n) is 4.81. The van der Waals surface area contributed by atoms with Gasteiger partial charge in [-0.2, -0.15) is 0 Å². The zero-order valence-electron chi connectivity index (χ0n) is 10.5. The van der Waals surface area contributed by atoms with E-state index in [0.717, 1.165) is 44.1 Å². The fraction of sp³-hybridized carbons (Fsp3) is 0.714. The van der Waals surface area contributed by atoms with Gasteiger partial charge in [-0.05, 0) is 37.0 Å². The molecule has 16 heavy (non-hydrogen) atoms. The molecular weight excluding hydrogens is 200 g/mol. The van der Waals surface area contributed by atoms with Crippen molar-refractivity contribution in [3.05, 3.63) is 23.5 Å². The molecule has 2 nitrogen and oxygen atoms in total. The summed E-state index contributed by atoms with van der Waals surface area (Å²) in [5.41, 5.74) is 0.300. The summed E-state index contributed by atoms with van der Waals surface area (Å²) in [6.07, 6.45) is 10.1. The van der Waals surface area contributed by atoms with Crippen molar-refractivity contribution in [3.63, 3.8) is 0 Å². The van der Waals surface area contributed by atoms with Crippen LogP contribution in [0.1, 0.15) is 58.8 Å². The van der Waals surface area contributed by atoms with Crippen LogP contribution in [0.2, 0.25) is 0 Å². The van der Waals surface area contributed by atoms with Gasteiger partial charge in [0.1, 0.15) is 5.76 Å². The fourth-order valence-corrected chi connectivity index (χ4v) is 2.13. The summed E-state index contributed by atoms with van der Waals surface area (Å²) in [5.74, 6) is 0.370. The summed E-state index contributed by atoms with van der Waals surface area (Å²) >= 11 is 0. The van der Waals surface area contributed by atoms with Crippen molar-refractivity contribution < 1.29 is 10.2 Å². The van der Waals surface area contributed by atoms with Gasteiger partial charge in [0.15, 0.2) is 0 Å². The Balaban J connectivity index is 2.61. The Labute approximate surface area is 98.7 Å². The molecule has 0 spiro atoms. The summed E-state index contributed by atoms with van der Waals surface area (Å²) < 4.78 is 0. The Morgan fingerprint density at radius 3 is 2.56 bits per heavy atom. The fourth-order valence-electron chi connectivity index (χ4n) is 2.13. The first-order chi connectivity index (χ1) is 7.61. The minimum Gasteiger partial charge on any atom is -0.508 e. The lowest BCUT2D eigenvalue weighted by Crippen LogP contribution is -2.29. The molecule has 2 N–H and O–H groups in total. The molecule has 0 saturated carbocycles. The van der Waals surface area contributed by atoms with Gasteiger partial charge in [0.2, 0.25) is 0 Å². The van der Waals surface area contributed by atoms with E-state index in [0.29, 0.717) is 12.2 Å². The lowest BCUT2D eigenvalue weighted by atomic mass is 9.83. The van der Waals surface area contributed by atoms with Crippen LogP contribution >= 0.6 is 0 Å². The van der Waals surface area contributed by atoms with Crippen molar-refractivity contribution in [1.29, 1.82) is 0 Å². The Kier molecular flexibility index (Phi) is 5.07. The molecule has 92 valence electrons. The minimum absolute atomic E-state index is 0.370. The molecule has 0 amide bonds. The van der Waals surface area contributed by atoms with Crippen LogP contribution in [0.15, 0.2) is 23.5 Å². The molecule has 2 heteroatoms. The lowest BCUT2D eigenvalue weighted by Gasteiger charge is -2.29. The molecule has 1 aliphatic rings. The first-order valence-electron chi connectivity index (χ1n) is 6.44. The van der Waals surface area contributed by atoms with Gasteiger partial charge in [0.05, 0.1) is 5.60 Å². The first-order valence-corrected chi connectivity index (χ1v) is 6.44.